The molecule has 0 amide bonds. The van der Waals surface area contributed by atoms with Gasteiger partial charge in [0.15, 0.2) is 0 Å². The van der Waals surface area contributed by atoms with Crippen LogP contribution in [0.15, 0.2) is 59.6 Å². The first-order valence-electron chi connectivity index (χ1n) is 8.08. The van der Waals surface area contributed by atoms with E-state index in [0.717, 1.165) is 19.5 Å². The maximum absolute atomic E-state index is 5.58. The smallest absolute Gasteiger partial charge is 0.282 e. The van der Waals surface area contributed by atoms with Crippen molar-refractivity contribution < 1.29 is 4.74 Å². The quantitative estimate of drug-likeness (QED) is 0.892. The van der Waals surface area contributed by atoms with Crippen molar-refractivity contribution in [2.45, 2.75) is 19.4 Å². The van der Waals surface area contributed by atoms with Crippen LogP contribution in [-0.2, 0) is 11.2 Å². The highest BCUT2D eigenvalue weighted by atomic mass is 16.5. The minimum absolute atomic E-state index is 0.124. The number of aliphatic imine (C=N–C) groups is 1. The molecule has 0 bridgehead atoms. The van der Waals surface area contributed by atoms with E-state index in [2.05, 4.69) is 65.3 Å². The van der Waals surface area contributed by atoms with E-state index in [1.54, 1.807) is 0 Å². The molecule has 0 fully saturated rings. The van der Waals surface area contributed by atoms with E-state index in [0.29, 0.717) is 12.6 Å². The summed E-state index contributed by atoms with van der Waals surface area (Å²) in [6, 6.07) is 19.7. The van der Waals surface area contributed by atoms with Crippen molar-refractivity contribution in [1.29, 1.82) is 0 Å². The monoisotopic (exact) mass is 309 g/mol. The number of likely N-dealkylation sites (N-methyl/N-ethyl adjacent to an activating group) is 1. The molecule has 3 rings (SSSR count). The van der Waals surface area contributed by atoms with Gasteiger partial charge in [0.2, 0.25) is 0 Å². The summed E-state index contributed by atoms with van der Waals surface area (Å²) in [5.41, 5.74) is 9.45. The Hall–Kier alpha value is -2.49. The van der Waals surface area contributed by atoms with Gasteiger partial charge in [-0.25, -0.2) is 4.99 Å². The molecule has 0 aromatic heterocycles. The van der Waals surface area contributed by atoms with Gasteiger partial charge in [-0.1, -0.05) is 42.5 Å². The average Bonchev–Trinajstić information content (AvgIpc) is 3.00. The molecule has 2 aromatic rings. The highest BCUT2D eigenvalue weighted by molar-refractivity contribution is 5.73. The van der Waals surface area contributed by atoms with E-state index in [4.69, 9.17) is 10.5 Å². The zero-order chi connectivity index (χ0) is 16.1. The van der Waals surface area contributed by atoms with E-state index in [9.17, 15) is 0 Å². The average molecular weight is 309 g/mol. The molecule has 0 unspecified atom stereocenters. The molecule has 1 aliphatic rings. The zero-order valence-electron chi connectivity index (χ0n) is 13.5. The van der Waals surface area contributed by atoms with Gasteiger partial charge in [0.05, 0.1) is 0 Å². The van der Waals surface area contributed by atoms with Gasteiger partial charge in [-0.05, 0) is 36.6 Å². The number of anilines is 1. The number of nitrogens with zero attached hydrogens (tertiary/aromatic N) is 2. The van der Waals surface area contributed by atoms with Crippen LogP contribution in [0.2, 0.25) is 0 Å². The fraction of sp³-hybridized carbons (Fsp3) is 0.316. The van der Waals surface area contributed by atoms with Crippen LogP contribution in [0.3, 0.4) is 0 Å². The lowest BCUT2D eigenvalue weighted by atomic mass is 10.0. The first-order valence-corrected chi connectivity index (χ1v) is 8.08. The largest absolute Gasteiger partial charge is 0.463 e. The number of rotatable bonds is 6. The Kier molecular flexibility index (Phi) is 4.81. The number of hydrogen-bond acceptors (Lipinski definition) is 4. The van der Waals surface area contributed by atoms with E-state index >= 15 is 0 Å². The number of ether oxygens (including phenoxy) is 1. The van der Waals surface area contributed by atoms with Crippen molar-refractivity contribution >= 4 is 11.7 Å². The van der Waals surface area contributed by atoms with Gasteiger partial charge in [0.25, 0.3) is 6.02 Å². The predicted molar refractivity (Wildman–Crippen MR) is 94.9 cm³/mol. The lowest BCUT2D eigenvalue weighted by Gasteiger charge is -2.24. The molecule has 1 atom stereocenters. The van der Waals surface area contributed by atoms with E-state index in [1.165, 1.54) is 16.8 Å². The summed E-state index contributed by atoms with van der Waals surface area (Å²) in [5.74, 6) is 0. The lowest BCUT2D eigenvalue weighted by molar-refractivity contribution is 0.313. The van der Waals surface area contributed by atoms with Crippen LogP contribution < -0.4 is 10.6 Å². The number of nitrogens with two attached hydrogens (primary N) is 1. The summed E-state index contributed by atoms with van der Waals surface area (Å²) in [5, 5.41) is 0. The summed E-state index contributed by atoms with van der Waals surface area (Å²) in [4.78, 5) is 6.61. The van der Waals surface area contributed by atoms with Gasteiger partial charge < -0.3 is 15.4 Å². The number of hydrogen-bond donors (Lipinski definition) is 1. The maximum Gasteiger partial charge on any atom is 0.282 e. The van der Waals surface area contributed by atoms with Gasteiger partial charge in [0.1, 0.15) is 12.6 Å². The van der Waals surface area contributed by atoms with Crippen LogP contribution in [0.25, 0.3) is 0 Å². The molecular formula is C19H23N3O. The Morgan fingerprint density at radius 3 is 2.39 bits per heavy atom. The topological polar surface area (TPSA) is 50.9 Å². The number of amidine groups is 1. The minimum atomic E-state index is 0.124. The second-order valence-corrected chi connectivity index (χ2v) is 5.80. The molecule has 4 heteroatoms. The van der Waals surface area contributed by atoms with E-state index in [-0.39, 0.29) is 6.04 Å². The molecule has 4 nitrogen and oxygen atoms in total. The molecular weight excluding hydrogens is 286 g/mol. The summed E-state index contributed by atoms with van der Waals surface area (Å²) in [6.45, 7) is 4.49. The third kappa shape index (κ3) is 4.03. The second-order valence-electron chi connectivity index (χ2n) is 5.80. The lowest BCUT2D eigenvalue weighted by Crippen LogP contribution is -2.32. The van der Waals surface area contributed by atoms with Crippen molar-refractivity contribution in [3.05, 3.63) is 65.7 Å². The van der Waals surface area contributed by atoms with Crippen LogP contribution in [0.1, 0.15) is 18.1 Å². The first kappa shape index (κ1) is 15.4. The minimum Gasteiger partial charge on any atom is -0.463 e. The van der Waals surface area contributed by atoms with Crippen LogP contribution in [0.5, 0.6) is 0 Å². The third-order valence-corrected chi connectivity index (χ3v) is 4.10. The maximum atomic E-state index is 5.58. The van der Waals surface area contributed by atoms with Crippen LogP contribution in [-0.4, -0.2) is 31.8 Å². The Bertz CT molecular complexity index is 652. The zero-order valence-corrected chi connectivity index (χ0v) is 13.5. The van der Waals surface area contributed by atoms with Gasteiger partial charge in [0, 0.05) is 18.8 Å². The highest BCUT2D eigenvalue weighted by Crippen LogP contribution is 2.19. The second kappa shape index (κ2) is 7.18. The normalized spacial score (nSPS) is 16.7. The molecule has 0 spiro atoms. The van der Waals surface area contributed by atoms with Gasteiger partial charge >= 0.3 is 0 Å². The summed E-state index contributed by atoms with van der Waals surface area (Å²) >= 11 is 0. The van der Waals surface area contributed by atoms with Crippen molar-refractivity contribution in [3.63, 3.8) is 0 Å². The molecule has 1 aliphatic heterocycles. The van der Waals surface area contributed by atoms with Crippen molar-refractivity contribution in [2.75, 3.05) is 24.6 Å². The van der Waals surface area contributed by atoms with Gasteiger partial charge in [-0.3, -0.25) is 0 Å². The van der Waals surface area contributed by atoms with Crippen molar-refractivity contribution in [3.8, 4) is 0 Å². The Morgan fingerprint density at radius 1 is 1.09 bits per heavy atom. The summed E-state index contributed by atoms with van der Waals surface area (Å²) in [7, 11) is 0. The summed E-state index contributed by atoms with van der Waals surface area (Å²) < 4.78 is 5.23. The molecule has 0 saturated heterocycles. The molecule has 23 heavy (non-hydrogen) atoms. The Labute approximate surface area is 137 Å². The molecule has 0 aliphatic carbocycles. The molecule has 0 radical (unpaired) electrons. The third-order valence-electron chi connectivity index (χ3n) is 4.10. The molecule has 2 N–H and O–H groups in total. The fourth-order valence-electron chi connectivity index (χ4n) is 2.86. The predicted octanol–water partition coefficient (Wildman–Crippen LogP) is 2.82. The van der Waals surface area contributed by atoms with Gasteiger partial charge in [-0.15, -0.1) is 0 Å². The SMILES string of the molecule is CCN(C[C@H]1COC(N)=N1)c1ccc(Cc2ccccc2)cc1. The molecule has 120 valence electrons. The number of benzene rings is 2. The Balaban J connectivity index is 1.65. The van der Waals surface area contributed by atoms with Crippen molar-refractivity contribution in [1.82, 2.24) is 0 Å². The van der Waals surface area contributed by atoms with Gasteiger partial charge in [-0.2, -0.15) is 0 Å². The standard InChI is InChI=1S/C19H23N3O/c1-2-22(13-17-14-23-19(20)21-17)18-10-8-16(9-11-18)12-15-6-4-3-5-7-15/h3-11,17H,2,12-14H2,1H3,(H2,20,21)/t17-/m0/s1. The first-order chi connectivity index (χ1) is 11.2. The molecule has 0 saturated carbocycles. The van der Waals surface area contributed by atoms with Crippen molar-refractivity contribution in [2.24, 2.45) is 10.7 Å². The molecule has 2 aromatic carbocycles. The molecule has 1 heterocycles. The Morgan fingerprint density at radius 2 is 1.78 bits per heavy atom. The van der Waals surface area contributed by atoms with Crippen LogP contribution in [0.4, 0.5) is 5.69 Å². The van der Waals surface area contributed by atoms with E-state index in [1.807, 2.05) is 6.07 Å². The summed E-state index contributed by atoms with van der Waals surface area (Å²) in [6.07, 6.45) is 0.963. The fourth-order valence-corrected chi connectivity index (χ4v) is 2.86. The van der Waals surface area contributed by atoms with Crippen LogP contribution in [0, 0.1) is 0 Å². The van der Waals surface area contributed by atoms with Crippen LogP contribution >= 0.6 is 0 Å². The highest BCUT2D eigenvalue weighted by Gasteiger charge is 2.19. The van der Waals surface area contributed by atoms with E-state index < -0.39 is 0 Å².